The Kier molecular flexibility index (Phi) is 6.93. The van der Waals surface area contributed by atoms with E-state index in [-0.39, 0.29) is 12.0 Å². The van der Waals surface area contributed by atoms with E-state index >= 15 is 0 Å². The summed E-state index contributed by atoms with van der Waals surface area (Å²) in [6, 6.07) is 8.23. The molecule has 3 aromatic rings. The zero-order valence-corrected chi connectivity index (χ0v) is 19.7. The fourth-order valence-corrected chi connectivity index (χ4v) is 4.27. The van der Waals surface area contributed by atoms with E-state index in [1.807, 2.05) is 6.07 Å². The standard InChI is InChI=1S/C25H30N6O3/c1-4-20(28-23-18(8-9-21(32)33)16(3)27-25(26)30-23)19-14-17-7-5-6-15(2)22(17)29-24(19)31-10-12-34-13-11-31/h5-9,14,20H,4,10-13H2,1-3H3,(H,32,33)(H3,26,27,28,30)/b9-8+. The van der Waals surface area contributed by atoms with E-state index in [4.69, 9.17) is 20.6 Å². The van der Waals surface area contributed by atoms with Crippen LogP contribution in [0.5, 0.6) is 0 Å². The molecule has 3 heterocycles. The maximum Gasteiger partial charge on any atom is 0.328 e. The molecule has 1 aliphatic rings. The minimum Gasteiger partial charge on any atom is -0.478 e. The highest BCUT2D eigenvalue weighted by molar-refractivity contribution is 5.87. The Bertz CT molecular complexity index is 1240. The number of para-hydroxylation sites is 1. The minimum absolute atomic E-state index is 0.128. The summed E-state index contributed by atoms with van der Waals surface area (Å²) in [6.07, 6.45) is 3.33. The molecule has 1 saturated heterocycles. The number of carbonyl (C=O) groups is 1. The molecule has 0 amide bonds. The first-order valence-electron chi connectivity index (χ1n) is 11.4. The van der Waals surface area contributed by atoms with Gasteiger partial charge in [0.05, 0.1) is 30.5 Å². The average Bonchev–Trinajstić information content (AvgIpc) is 2.82. The molecule has 0 radical (unpaired) electrons. The average molecular weight is 463 g/mol. The molecule has 0 aliphatic carbocycles. The van der Waals surface area contributed by atoms with Crippen LogP contribution in [0.3, 0.4) is 0 Å². The summed E-state index contributed by atoms with van der Waals surface area (Å²) >= 11 is 0. The Morgan fingerprint density at radius 2 is 2.03 bits per heavy atom. The highest BCUT2D eigenvalue weighted by Gasteiger charge is 2.24. The van der Waals surface area contributed by atoms with Crippen molar-refractivity contribution in [3.8, 4) is 0 Å². The highest BCUT2D eigenvalue weighted by atomic mass is 16.5. The van der Waals surface area contributed by atoms with Crippen LogP contribution in [0.15, 0.2) is 30.3 Å². The summed E-state index contributed by atoms with van der Waals surface area (Å²) in [7, 11) is 0. The van der Waals surface area contributed by atoms with E-state index in [9.17, 15) is 4.79 Å². The predicted molar refractivity (Wildman–Crippen MR) is 134 cm³/mol. The van der Waals surface area contributed by atoms with Gasteiger partial charge in [-0.05, 0) is 38.0 Å². The Morgan fingerprint density at radius 1 is 1.26 bits per heavy atom. The van der Waals surface area contributed by atoms with Crippen molar-refractivity contribution in [3.63, 3.8) is 0 Å². The zero-order valence-electron chi connectivity index (χ0n) is 19.7. The summed E-state index contributed by atoms with van der Waals surface area (Å²) in [5, 5.41) is 13.7. The lowest BCUT2D eigenvalue weighted by Gasteiger charge is -2.32. The number of hydrogen-bond acceptors (Lipinski definition) is 8. The van der Waals surface area contributed by atoms with E-state index in [0.717, 1.165) is 53.4 Å². The van der Waals surface area contributed by atoms with Gasteiger partial charge in [0.15, 0.2) is 0 Å². The summed E-state index contributed by atoms with van der Waals surface area (Å²) in [5.41, 5.74) is 10.3. The van der Waals surface area contributed by atoms with Crippen molar-refractivity contribution in [2.75, 3.05) is 42.3 Å². The number of ether oxygens (including phenoxy) is 1. The van der Waals surface area contributed by atoms with E-state index < -0.39 is 5.97 Å². The van der Waals surface area contributed by atoms with Crippen LogP contribution in [0.2, 0.25) is 0 Å². The van der Waals surface area contributed by atoms with Crippen LogP contribution in [-0.4, -0.2) is 52.3 Å². The number of nitrogens with one attached hydrogen (secondary N) is 1. The van der Waals surface area contributed by atoms with Gasteiger partial charge in [-0.3, -0.25) is 0 Å². The van der Waals surface area contributed by atoms with Gasteiger partial charge in [-0.15, -0.1) is 0 Å². The monoisotopic (exact) mass is 462 g/mol. The molecule has 178 valence electrons. The predicted octanol–water partition coefficient (Wildman–Crippen LogP) is 3.72. The molecule has 2 aromatic heterocycles. The lowest BCUT2D eigenvalue weighted by atomic mass is 10.00. The fraction of sp³-hybridized carbons (Fsp3) is 0.360. The largest absolute Gasteiger partial charge is 0.478 e. The number of nitrogen functional groups attached to an aromatic ring is 1. The first-order chi connectivity index (χ1) is 16.4. The van der Waals surface area contributed by atoms with Crippen LogP contribution in [0, 0.1) is 13.8 Å². The van der Waals surface area contributed by atoms with Crippen molar-refractivity contribution in [2.45, 2.75) is 33.2 Å². The smallest absolute Gasteiger partial charge is 0.328 e. The molecule has 1 atom stereocenters. The molecule has 0 spiro atoms. The molecule has 1 fully saturated rings. The van der Waals surface area contributed by atoms with E-state index in [1.165, 1.54) is 6.08 Å². The zero-order chi connectivity index (χ0) is 24.2. The van der Waals surface area contributed by atoms with Gasteiger partial charge in [0.2, 0.25) is 5.95 Å². The summed E-state index contributed by atoms with van der Waals surface area (Å²) in [6.45, 7) is 8.78. The molecule has 1 aliphatic heterocycles. The van der Waals surface area contributed by atoms with Gasteiger partial charge in [-0.1, -0.05) is 25.1 Å². The lowest BCUT2D eigenvalue weighted by Crippen LogP contribution is -2.38. The molecule has 4 rings (SSSR count). The van der Waals surface area contributed by atoms with Gasteiger partial charge < -0.3 is 25.8 Å². The van der Waals surface area contributed by atoms with Crippen molar-refractivity contribution in [1.82, 2.24) is 15.0 Å². The topological polar surface area (TPSA) is 126 Å². The normalized spacial score (nSPS) is 15.1. The van der Waals surface area contributed by atoms with Crippen LogP contribution in [0.25, 0.3) is 17.0 Å². The lowest BCUT2D eigenvalue weighted by molar-refractivity contribution is -0.131. The van der Waals surface area contributed by atoms with E-state index in [1.54, 1.807) is 6.92 Å². The molecule has 34 heavy (non-hydrogen) atoms. The van der Waals surface area contributed by atoms with Gasteiger partial charge in [0.1, 0.15) is 11.6 Å². The number of benzene rings is 1. The van der Waals surface area contributed by atoms with Crippen LogP contribution < -0.4 is 16.0 Å². The number of aryl methyl sites for hydroxylation is 2. The number of morpholine rings is 1. The first-order valence-corrected chi connectivity index (χ1v) is 11.4. The summed E-state index contributed by atoms with van der Waals surface area (Å²) in [5.74, 6) is 0.498. The number of aromatic nitrogens is 3. The third kappa shape index (κ3) is 4.94. The SMILES string of the molecule is CCC(Nc1nc(N)nc(C)c1/C=C/C(=O)O)c1cc2cccc(C)c2nc1N1CCOCC1. The maximum absolute atomic E-state index is 11.1. The number of fused-ring (bicyclic) bond motifs is 1. The highest BCUT2D eigenvalue weighted by Crippen LogP contribution is 2.34. The van der Waals surface area contributed by atoms with Crippen LogP contribution in [-0.2, 0) is 9.53 Å². The maximum atomic E-state index is 11.1. The number of aliphatic carboxylic acids is 1. The molecular formula is C25H30N6O3. The molecule has 9 nitrogen and oxygen atoms in total. The fourth-order valence-electron chi connectivity index (χ4n) is 4.27. The Balaban J connectivity index is 1.82. The van der Waals surface area contributed by atoms with Crippen molar-refractivity contribution in [2.24, 2.45) is 0 Å². The van der Waals surface area contributed by atoms with Crippen molar-refractivity contribution in [1.29, 1.82) is 0 Å². The van der Waals surface area contributed by atoms with E-state index in [0.29, 0.717) is 30.3 Å². The number of hydrogen-bond donors (Lipinski definition) is 3. The molecule has 1 aromatic carbocycles. The number of rotatable bonds is 7. The van der Waals surface area contributed by atoms with Crippen molar-refractivity contribution >= 4 is 40.5 Å². The van der Waals surface area contributed by atoms with Gasteiger partial charge in [-0.2, -0.15) is 4.98 Å². The number of carboxylic acid groups (broad SMARTS) is 1. The van der Waals surface area contributed by atoms with Gasteiger partial charge in [0.25, 0.3) is 0 Å². The van der Waals surface area contributed by atoms with E-state index in [2.05, 4.69) is 52.2 Å². The number of pyridine rings is 1. The molecule has 1 unspecified atom stereocenters. The van der Waals surface area contributed by atoms with Gasteiger partial charge in [-0.25, -0.2) is 14.8 Å². The molecule has 0 bridgehead atoms. The minimum atomic E-state index is -1.04. The van der Waals surface area contributed by atoms with Crippen molar-refractivity contribution < 1.29 is 14.6 Å². The number of nitrogens with two attached hydrogens (primary N) is 1. The van der Waals surface area contributed by atoms with Gasteiger partial charge >= 0.3 is 5.97 Å². The molecule has 4 N–H and O–H groups in total. The van der Waals surface area contributed by atoms with Crippen LogP contribution in [0.4, 0.5) is 17.6 Å². The Labute approximate surface area is 198 Å². The third-order valence-corrected chi connectivity index (χ3v) is 6.01. The number of carboxylic acids is 1. The molecular weight excluding hydrogens is 432 g/mol. The second-order valence-electron chi connectivity index (χ2n) is 8.35. The van der Waals surface area contributed by atoms with Gasteiger partial charge in [0, 0.05) is 35.7 Å². The second-order valence-corrected chi connectivity index (χ2v) is 8.35. The number of anilines is 3. The second kappa shape index (κ2) is 10.0. The summed E-state index contributed by atoms with van der Waals surface area (Å²) in [4.78, 5) is 27.1. The Morgan fingerprint density at radius 3 is 2.74 bits per heavy atom. The number of nitrogens with zero attached hydrogens (tertiary/aromatic N) is 4. The summed E-state index contributed by atoms with van der Waals surface area (Å²) < 4.78 is 5.57. The quantitative estimate of drug-likeness (QED) is 0.450. The van der Waals surface area contributed by atoms with Crippen LogP contribution in [0.1, 0.15) is 41.8 Å². The first kappa shape index (κ1) is 23.4. The molecule has 9 heteroatoms. The van der Waals surface area contributed by atoms with Crippen LogP contribution >= 0.6 is 0 Å². The third-order valence-electron chi connectivity index (χ3n) is 6.01. The Hall–Kier alpha value is -3.72. The molecule has 0 saturated carbocycles. The van der Waals surface area contributed by atoms with Crippen molar-refractivity contribution in [3.05, 3.63) is 52.7 Å².